The van der Waals surface area contributed by atoms with Gasteiger partial charge in [-0.1, -0.05) is 50.5 Å². The number of hydrogen-bond acceptors (Lipinski definition) is 1. The van der Waals surface area contributed by atoms with Gasteiger partial charge in [0, 0.05) is 5.92 Å². The zero-order chi connectivity index (χ0) is 14.1. The molecule has 1 heteroatoms. The summed E-state index contributed by atoms with van der Waals surface area (Å²) in [7, 11) is 0. The topological polar surface area (TPSA) is 9.23 Å². The van der Waals surface area contributed by atoms with Crippen LogP contribution in [-0.2, 0) is 4.74 Å². The predicted octanol–water partition coefficient (Wildman–Crippen LogP) is 5.40. The van der Waals surface area contributed by atoms with Crippen LogP contribution in [0.1, 0.15) is 58.8 Å². The summed E-state index contributed by atoms with van der Waals surface area (Å²) in [6.07, 6.45) is 14.3. The first-order valence-corrected chi connectivity index (χ1v) is 8.35. The second-order valence-corrected chi connectivity index (χ2v) is 7.14. The SMILES string of the molecule is C=C(C)O[C@H]1C2=C(CC=C2)CC[C@@H]1C1CCC[C@@H](C)C1. The summed E-state index contributed by atoms with van der Waals surface area (Å²) in [6.45, 7) is 8.40. The first-order valence-electron chi connectivity index (χ1n) is 8.35. The maximum Gasteiger partial charge on any atom is 0.126 e. The number of hydrogen-bond donors (Lipinski definition) is 0. The van der Waals surface area contributed by atoms with Crippen LogP contribution in [0, 0.1) is 17.8 Å². The minimum Gasteiger partial charge on any atom is -0.491 e. The van der Waals surface area contributed by atoms with E-state index in [1.54, 1.807) is 5.57 Å². The van der Waals surface area contributed by atoms with E-state index in [0.29, 0.717) is 5.92 Å². The van der Waals surface area contributed by atoms with Gasteiger partial charge in [0.25, 0.3) is 0 Å². The normalized spacial score (nSPS) is 36.9. The van der Waals surface area contributed by atoms with Crippen molar-refractivity contribution in [2.24, 2.45) is 17.8 Å². The molecule has 20 heavy (non-hydrogen) atoms. The van der Waals surface area contributed by atoms with Crippen molar-refractivity contribution >= 4 is 0 Å². The van der Waals surface area contributed by atoms with E-state index < -0.39 is 0 Å². The van der Waals surface area contributed by atoms with E-state index in [1.807, 2.05) is 6.92 Å². The van der Waals surface area contributed by atoms with Crippen LogP contribution in [0.25, 0.3) is 0 Å². The van der Waals surface area contributed by atoms with E-state index in [4.69, 9.17) is 4.74 Å². The van der Waals surface area contributed by atoms with Gasteiger partial charge >= 0.3 is 0 Å². The predicted molar refractivity (Wildman–Crippen MR) is 84.3 cm³/mol. The fraction of sp³-hybridized carbons (Fsp3) is 0.684. The van der Waals surface area contributed by atoms with Crippen LogP contribution in [0.5, 0.6) is 0 Å². The zero-order valence-electron chi connectivity index (χ0n) is 13.0. The van der Waals surface area contributed by atoms with Crippen LogP contribution in [0.4, 0.5) is 0 Å². The molecule has 110 valence electrons. The molecule has 0 aromatic carbocycles. The number of allylic oxidation sites excluding steroid dienone is 3. The van der Waals surface area contributed by atoms with Gasteiger partial charge in [-0.05, 0) is 50.0 Å². The number of ether oxygens (including phenoxy) is 1. The third kappa shape index (κ3) is 2.73. The molecule has 1 unspecified atom stereocenters. The average molecular weight is 272 g/mol. The van der Waals surface area contributed by atoms with E-state index in [9.17, 15) is 0 Å². The summed E-state index contributed by atoms with van der Waals surface area (Å²) in [5.41, 5.74) is 3.11. The fourth-order valence-electron chi connectivity index (χ4n) is 4.55. The Labute approximate surface area is 123 Å². The standard InChI is InChI=1S/C19H28O/c1-13(2)20-19-17-9-5-7-15(17)10-11-18(19)16-8-4-6-14(3)12-16/h5,9,14,16,18-19H,1,4,6-8,10-12H2,2-3H3/t14-,16?,18-,19+/m1/s1. The Morgan fingerprint density at radius 3 is 2.90 bits per heavy atom. The summed E-state index contributed by atoms with van der Waals surface area (Å²) in [4.78, 5) is 0. The second-order valence-electron chi connectivity index (χ2n) is 7.14. The Morgan fingerprint density at radius 2 is 2.15 bits per heavy atom. The summed E-state index contributed by atoms with van der Waals surface area (Å²) in [6, 6.07) is 0. The summed E-state index contributed by atoms with van der Waals surface area (Å²) in [5.74, 6) is 3.33. The maximum absolute atomic E-state index is 6.20. The smallest absolute Gasteiger partial charge is 0.126 e. The molecule has 1 fully saturated rings. The van der Waals surface area contributed by atoms with Gasteiger partial charge in [-0.3, -0.25) is 0 Å². The molecule has 0 heterocycles. The Hall–Kier alpha value is -0.980. The molecule has 0 aromatic rings. The lowest BCUT2D eigenvalue weighted by Crippen LogP contribution is -2.36. The quantitative estimate of drug-likeness (QED) is 0.625. The Morgan fingerprint density at radius 1 is 1.30 bits per heavy atom. The van der Waals surface area contributed by atoms with Crippen molar-refractivity contribution in [2.75, 3.05) is 0 Å². The maximum atomic E-state index is 6.20. The molecule has 0 aromatic heterocycles. The highest BCUT2D eigenvalue weighted by Crippen LogP contribution is 2.45. The highest BCUT2D eigenvalue weighted by atomic mass is 16.5. The molecular formula is C19H28O. The van der Waals surface area contributed by atoms with Crippen molar-refractivity contribution in [3.05, 3.63) is 35.6 Å². The molecule has 1 saturated carbocycles. The monoisotopic (exact) mass is 272 g/mol. The third-order valence-corrected chi connectivity index (χ3v) is 5.46. The third-order valence-electron chi connectivity index (χ3n) is 5.46. The molecule has 0 amide bonds. The molecule has 1 nitrogen and oxygen atoms in total. The first-order chi connectivity index (χ1) is 9.65. The van der Waals surface area contributed by atoms with Crippen molar-refractivity contribution in [1.82, 2.24) is 0 Å². The molecule has 0 N–H and O–H groups in total. The van der Waals surface area contributed by atoms with E-state index in [-0.39, 0.29) is 6.10 Å². The zero-order valence-corrected chi connectivity index (χ0v) is 13.0. The lowest BCUT2D eigenvalue weighted by atomic mass is 9.68. The molecule has 3 aliphatic rings. The van der Waals surface area contributed by atoms with Crippen LogP contribution in [0.2, 0.25) is 0 Å². The molecule has 0 radical (unpaired) electrons. The summed E-state index contributed by atoms with van der Waals surface area (Å²) < 4.78 is 6.20. The molecule has 3 rings (SSSR count). The van der Waals surface area contributed by atoms with Gasteiger partial charge in [-0.2, -0.15) is 0 Å². The Bertz CT molecular complexity index is 443. The Kier molecular flexibility index (Phi) is 4.05. The van der Waals surface area contributed by atoms with Crippen LogP contribution in [0.15, 0.2) is 35.6 Å². The molecule has 3 aliphatic carbocycles. The summed E-state index contributed by atoms with van der Waals surface area (Å²) in [5, 5.41) is 0. The highest BCUT2D eigenvalue weighted by molar-refractivity contribution is 5.39. The second kappa shape index (κ2) is 5.79. The van der Waals surface area contributed by atoms with Crippen LogP contribution in [-0.4, -0.2) is 6.10 Å². The lowest BCUT2D eigenvalue weighted by molar-refractivity contribution is 0.0378. The molecule has 0 bridgehead atoms. The summed E-state index contributed by atoms with van der Waals surface area (Å²) >= 11 is 0. The van der Waals surface area contributed by atoms with Gasteiger partial charge in [0.05, 0.1) is 5.76 Å². The van der Waals surface area contributed by atoms with E-state index in [0.717, 1.165) is 24.0 Å². The van der Waals surface area contributed by atoms with E-state index in [2.05, 4.69) is 25.7 Å². The number of rotatable bonds is 3. The first kappa shape index (κ1) is 14.0. The van der Waals surface area contributed by atoms with Gasteiger partial charge < -0.3 is 4.74 Å². The van der Waals surface area contributed by atoms with Crippen molar-refractivity contribution in [1.29, 1.82) is 0 Å². The van der Waals surface area contributed by atoms with Crippen LogP contribution >= 0.6 is 0 Å². The largest absolute Gasteiger partial charge is 0.491 e. The molecule has 0 saturated heterocycles. The fourth-order valence-corrected chi connectivity index (χ4v) is 4.55. The Balaban J connectivity index is 1.81. The molecule has 4 atom stereocenters. The molecule has 0 spiro atoms. The minimum absolute atomic E-state index is 0.283. The minimum atomic E-state index is 0.283. The van der Waals surface area contributed by atoms with Crippen molar-refractivity contribution in [2.45, 2.75) is 64.9 Å². The van der Waals surface area contributed by atoms with E-state index >= 15 is 0 Å². The van der Waals surface area contributed by atoms with Gasteiger partial charge in [0.1, 0.15) is 6.10 Å². The van der Waals surface area contributed by atoms with Crippen molar-refractivity contribution < 1.29 is 4.74 Å². The van der Waals surface area contributed by atoms with Gasteiger partial charge in [0.15, 0.2) is 0 Å². The lowest BCUT2D eigenvalue weighted by Gasteiger charge is -2.41. The van der Waals surface area contributed by atoms with Crippen molar-refractivity contribution in [3.63, 3.8) is 0 Å². The van der Waals surface area contributed by atoms with Crippen LogP contribution < -0.4 is 0 Å². The van der Waals surface area contributed by atoms with E-state index in [1.165, 1.54) is 44.1 Å². The van der Waals surface area contributed by atoms with Crippen LogP contribution in [0.3, 0.4) is 0 Å². The van der Waals surface area contributed by atoms with Crippen molar-refractivity contribution in [3.8, 4) is 0 Å². The average Bonchev–Trinajstić information content (AvgIpc) is 2.87. The molecular weight excluding hydrogens is 244 g/mol. The highest BCUT2D eigenvalue weighted by Gasteiger charge is 2.39. The van der Waals surface area contributed by atoms with Gasteiger partial charge in [-0.15, -0.1) is 0 Å². The molecule has 0 aliphatic heterocycles. The van der Waals surface area contributed by atoms with Gasteiger partial charge in [0.2, 0.25) is 0 Å². The van der Waals surface area contributed by atoms with Gasteiger partial charge in [-0.25, -0.2) is 0 Å².